The van der Waals surface area contributed by atoms with Crippen LogP contribution in [0.5, 0.6) is 5.75 Å². The summed E-state index contributed by atoms with van der Waals surface area (Å²) < 4.78 is 5.82. The second-order valence-corrected chi connectivity index (χ2v) is 6.64. The number of benzene rings is 2. The van der Waals surface area contributed by atoms with E-state index < -0.39 is 0 Å². The van der Waals surface area contributed by atoms with Crippen molar-refractivity contribution in [3.05, 3.63) is 89.1 Å². The number of hydrogen-bond acceptors (Lipinski definition) is 3. The van der Waals surface area contributed by atoms with Crippen molar-refractivity contribution in [2.45, 2.75) is 27.3 Å². The standard InChI is InChI=1S/C23H24N2O2/c1-17-10-12-20(13-11-17)15-25(22-9-4-5-14-24-22)23(26)16-27-21-8-6-7-18(2)19(21)3/h4-14H,15-16H2,1-3H3. The van der Waals surface area contributed by atoms with Gasteiger partial charge in [-0.05, 0) is 55.7 Å². The minimum atomic E-state index is -0.129. The van der Waals surface area contributed by atoms with E-state index in [0.717, 1.165) is 22.4 Å². The van der Waals surface area contributed by atoms with Crippen molar-refractivity contribution < 1.29 is 9.53 Å². The molecule has 0 aliphatic heterocycles. The third-order valence-corrected chi connectivity index (χ3v) is 4.59. The van der Waals surface area contributed by atoms with Crippen molar-refractivity contribution in [2.75, 3.05) is 11.5 Å². The normalized spacial score (nSPS) is 10.5. The van der Waals surface area contributed by atoms with Crippen LogP contribution < -0.4 is 9.64 Å². The highest BCUT2D eigenvalue weighted by Gasteiger charge is 2.18. The van der Waals surface area contributed by atoms with Crippen LogP contribution in [0.1, 0.15) is 22.3 Å². The number of pyridine rings is 1. The number of amides is 1. The van der Waals surface area contributed by atoms with E-state index in [9.17, 15) is 4.79 Å². The van der Waals surface area contributed by atoms with Gasteiger partial charge in [0, 0.05) is 6.20 Å². The second-order valence-electron chi connectivity index (χ2n) is 6.64. The summed E-state index contributed by atoms with van der Waals surface area (Å²) in [5.74, 6) is 1.22. The van der Waals surface area contributed by atoms with Gasteiger partial charge in [0.1, 0.15) is 11.6 Å². The molecule has 138 valence electrons. The molecule has 0 saturated heterocycles. The van der Waals surface area contributed by atoms with Crippen LogP contribution in [0.2, 0.25) is 0 Å². The average molecular weight is 360 g/mol. The van der Waals surface area contributed by atoms with Crippen LogP contribution in [0.15, 0.2) is 66.9 Å². The molecule has 1 amide bonds. The Bertz CT molecular complexity index is 905. The zero-order chi connectivity index (χ0) is 19.2. The fourth-order valence-corrected chi connectivity index (χ4v) is 2.78. The minimum absolute atomic E-state index is 0.0350. The number of aryl methyl sites for hydroxylation is 2. The summed E-state index contributed by atoms with van der Waals surface area (Å²) in [7, 11) is 0. The predicted molar refractivity (Wildman–Crippen MR) is 108 cm³/mol. The lowest BCUT2D eigenvalue weighted by Crippen LogP contribution is -2.35. The fraction of sp³-hybridized carbons (Fsp3) is 0.217. The number of ether oxygens (including phenoxy) is 1. The van der Waals surface area contributed by atoms with Gasteiger partial charge < -0.3 is 4.74 Å². The largest absolute Gasteiger partial charge is 0.483 e. The van der Waals surface area contributed by atoms with E-state index in [1.165, 1.54) is 5.56 Å². The summed E-state index contributed by atoms with van der Waals surface area (Å²) in [6, 6.07) is 19.6. The Morgan fingerprint density at radius 1 is 0.963 bits per heavy atom. The molecule has 0 aliphatic carbocycles. The van der Waals surface area contributed by atoms with Crippen LogP contribution in [-0.2, 0) is 11.3 Å². The Morgan fingerprint density at radius 2 is 1.74 bits per heavy atom. The number of nitrogens with zero attached hydrogens (tertiary/aromatic N) is 2. The number of carbonyl (C=O) groups excluding carboxylic acids is 1. The second kappa shape index (κ2) is 8.49. The maximum Gasteiger partial charge on any atom is 0.266 e. The first-order valence-electron chi connectivity index (χ1n) is 9.00. The van der Waals surface area contributed by atoms with Crippen LogP contribution in [0, 0.1) is 20.8 Å². The number of aromatic nitrogens is 1. The first-order chi connectivity index (χ1) is 13.0. The van der Waals surface area contributed by atoms with Crippen molar-refractivity contribution in [3.8, 4) is 5.75 Å². The molecule has 27 heavy (non-hydrogen) atoms. The zero-order valence-electron chi connectivity index (χ0n) is 16.0. The third-order valence-electron chi connectivity index (χ3n) is 4.59. The highest BCUT2D eigenvalue weighted by Crippen LogP contribution is 2.21. The molecule has 3 rings (SSSR count). The lowest BCUT2D eigenvalue weighted by molar-refractivity contribution is -0.120. The molecule has 4 heteroatoms. The van der Waals surface area contributed by atoms with Gasteiger partial charge in [0.2, 0.25) is 0 Å². The third kappa shape index (κ3) is 4.73. The molecule has 0 atom stereocenters. The predicted octanol–water partition coefficient (Wildman–Crippen LogP) is 4.62. The van der Waals surface area contributed by atoms with Crippen LogP contribution in [-0.4, -0.2) is 17.5 Å². The van der Waals surface area contributed by atoms with Crippen molar-refractivity contribution in [3.63, 3.8) is 0 Å². The molecule has 0 N–H and O–H groups in total. The highest BCUT2D eigenvalue weighted by molar-refractivity contribution is 5.93. The van der Waals surface area contributed by atoms with E-state index >= 15 is 0 Å². The smallest absolute Gasteiger partial charge is 0.266 e. The van der Waals surface area contributed by atoms with E-state index in [1.807, 2.05) is 81.4 Å². The van der Waals surface area contributed by atoms with Gasteiger partial charge in [-0.2, -0.15) is 0 Å². The van der Waals surface area contributed by atoms with Gasteiger partial charge in [0.05, 0.1) is 6.54 Å². The van der Waals surface area contributed by atoms with E-state index in [-0.39, 0.29) is 12.5 Å². The lowest BCUT2D eigenvalue weighted by Gasteiger charge is -2.22. The van der Waals surface area contributed by atoms with Gasteiger partial charge >= 0.3 is 0 Å². The Labute approximate surface area is 160 Å². The van der Waals surface area contributed by atoms with Crippen molar-refractivity contribution in [2.24, 2.45) is 0 Å². The maximum absolute atomic E-state index is 12.9. The van der Waals surface area contributed by atoms with E-state index in [4.69, 9.17) is 4.74 Å². The number of hydrogen-bond donors (Lipinski definition) is 0. The van der Waals surface area contributed by atoms with E-state index in [0.29, 0.717) is 12.4 Å². The fourth-order valence-electron chi connectivity index (χ4n) is 2.78. The molecule has 0 saturated carbocycles. The van der Waals surface area contributed by atoms with Crippen molar-refractivity contribution in [1.82, 2.24) is 4.98 Å². The van der Waals surface area contributed by atoms with Gasteiger partial charge in [-0.15, -0.1) is 0 Å². The molecule has 0 unspecified atom stereocenters. The molecule has 2 aromatic carbocycles. The molecule has 0 radical (unpaired) electrons. The summed E-state index contributed by atoms with van der Waals surface area (Å²) in [5.41, 5.74) is 4.42. The van der Waals surface area contributed by atoms with Crippen LogP contribution in [0.4, 0.5) is 5.82 Å². The van der Waals surface area contributed by atoms with Gasteiger partial charge in [0.15, 0.2) is 6.61 Å². The minimum Gasteiger partial charge on any atom is -0.483 e. The van der Waals surface area contributed by atoms with Gasteiger partial charge in [-0.3, -0.25) is 9.69 Å². The Kier molecular flexibility index (Phi) is 5.87. The SMILES string of the molecule is Cc1ccc(CN(C(=O)COc2cccc(C)c2C)c2ccccn2)cc1. The molecule has 0 spiro atoms. The topological polar surface area (TPSA) is 42.4 Å². The monoisotopic (exact) mass is 360 g/mol. The maximum atomic E-state index is 12.9. The van der Waals surface area contributed by atoms with Gasteiger partial charge in [0.25, 0.3) is 5.91 Å². The average Bonchev–Trinajstić information content (AvgIpc) is 2.69. The lowest BCUT2D eigenvalue weighted by atomic mass is 10.1. The Morgan fingerprint density at radius 3 is 2.44 bits per heavy atom. The van der Waals surface area contributed by atoms with Crippen LogP contribution in [0.25, 0.3) is 0 Å². The zero-order valence-corrected chi connectivity index (χ0v) is 16.0. The molecule has 1 aromatic heterocycles. The molecule has 0 bridgehead atoms. The molecule has 3 aromatic rings. The highest BCUT2D eigenvalue weighted by atomic mass is 16.5. The van der Waals surface area contributed by atoms with Crippen LogP contribution >= 0.6 is 0 Å². The van der Waals surface area contributed by atoms with Crippen LogP contribution in [0.3, 0.4) is 0 Å². The molecule has 4 nitrogen and oxygen atoms in total. The molecule has 0 aliphatic rings. The molecule has 1 heterocycles. The molecule has 0 fully saturated rings. The summed E-state index contributed by atoms with van der Waals surface area (Å²) in [5, 5.41) is 0. The Hall–Kier alpha value is -3.14. The number of rotatable bonds is 6. The van der Waals surface area contributed by atoms with Gasteiger partial charge in [-0.25, -0.2) is 4.98 Å². The summed E-state index contributed by atoms with van der Waals surface area (Å²) in [4.78, 5) is 19.0. The molecular formula is C23H24N2O2. The van der Waals surface area contributed by atoms with Crippen molar-refractivity contribution in [1.29, 1.82) is 0 Å². The summed E-state index contributed by atoms with van der Waals surface area (Å²) in [6.07, 6.45) is 1.69. The first-order valence-corrected chi connectivity index (χ1v) is 9.00. The summed E-state index contributed by atoms with van der Waals surface area (Å²) in [6.45, 7) is 6.49. The summed E-state index contributed by atoms with van der Waals surface area (Å²) >= 11 is 0. The molecular weight excluding hydrogens is 336 g/mol. The Balaban J connectivity index is 1.78. The van der Waals surface area contributed by atoms with E-state index in [1.54, 1.807) is 11.1 Å². The first kappa shape index (κ1) is 18.6. The number of anilines is 1. The van der Waals surface area contributed by atoms with Crippen molar-refractivity contribution >= 4 is 11.7 Å². The number of carbonyl (C=O) groups is 1. The van der Waals surface area contributed by atoms with E-state index in [2.05, 4.69) is 4.98 Å². The quantitative estimate of drug-likeness (QED) is 0.644. The van der Waals surface area contributed by atoms with Gasteiger partial charge in [-0.1, -0.05) is 48.0 Å².